The lowest BCUT2D eigenvalue weighted by Gasteiger charge is -2.11. The molecule has 0 amide bonds. The fraction of sp³-hybridized carbons (Fsp3) is 0.138. The molecule has 0 saturated heterocycles. The van der Waals surface area contributed by atoms with Crippen LogP contribution < -0.4 is 14.2 Å². The molecule has 0 N–H and O–H groups in total. The number of benzene rings is 4. The molecule has 0 saturated carbocycles. The molecule has 0 atom stereocenters. The molecule has 0 heterocycles. The summed E-state index contributed by atoms with van der Waals surface area (Å²) in [5, 5.41) is 0. The summed E-state index contributed by atoms with van der Waals surface area (Å²) in [6.07, 6.45) is 0. The second kappa shape index (κ2) is 11.2. The molecule has 0 unspecified atom stereocenters. The Morgan fingerprint density at radius 1 is 0.595 bits per heavy atom. The lowest BCUT2D eigenvalue weighted by Crippen LogP contribution is -2.10. The number of carbonyl (C=O) groups is 1. The zero-order chi connectivity index (χ0) is 26.5. The highest BCUT2D eigenvalue weighted by Gasteiger charge is 2.20. The van der Waals surface area contributed by atoms with E-state index in [2.05, 4.69) is 0 Å². The quantitative estimate of drug-likeness (QED) is 0.139. The van der Waals surface area contributed by atoms with Gasteiger partial charge in [0.05, 0.1) is 18.8 Å². The van der Waals surface area contributed by atoms with Gasteiger partial charge in [0.25, 0.3) is 0 Å². The highest BCUT2D eigenvalue weighted by molar-refractivity contribution is 5.91. The first-order chi connectivity index (χ1) is 17.8. The third-order valence-corrected chi connectivity index (χ3v) is 5.50. The lowest BCUT2D eigenvalue weighted by molar-refractivity contribution is 0.0726. The molecule has 0 radical (unpaired) electrons. The van der Waals surface area contributed by atoms with Gasteiger partial charge in [-0.15, -0.1) is 0 Å². The van der Waals surface area contributed by atoms with Gasteiger partial charge in [-0.3, -0.25) is 0 Å². The molecule has 4 rings (SSSR count). The second-order valence-corrected chi connectivity index (χ2v) is 7.84. The standard InChI is InChI=1S/C29H22F4O4/c1-3-35-20-11-9-18(10-12-20)22-14-16-24(28(33)26(22)31)37-29(34)19-7-5-17(6-8-19)21-13-15-23(36-4-2)27(32)25(21)30/h5-16H,3-4H2,1-2H3. The van der Waals surface area contributed by atoms with Crippen molar-refractivity contribution in [1.82, 2.24) is 0 Å². The topological polar surface area (TPSA) is 44.8 Å². The number of hydrogen-bond donors (Lipinski definition) is 0. The zero-order valence-electron chi connectivity index (χ0n) is 20.0. The Kier molecular flexibility index (Phi) is 7.77. The summed E-state index contributed by atoms with van der Waals surface area (Å²) in [5.41, 5.74) is 0.693. The van der Waals surface area contributed by atoms with Gasteiger partial charge in [-0.25, -0.2) is 13.6 Å². The molecule has 0 fully saturated rings. The summed E-state index contributed by atoms with van der Waals surface area (Å²) in [6, 6.07) is 17.0. The number of esters is 1. The number of rotatable bonds is 8. The third kappa shape index (κ3) is 5.43. The van der Waals surface area contributed by atoms with Crippen LogP contribution in [0.15, 0.2) is 72.8 Å². The molecule has 4 aromatic carbocycles. The predicted molar refractivity (Wildman–Crippen MR) is 131 cm³/mol. The third-order valence-electron chi connectivity index (χ3n) is 5.50. The molecule has 0 spiro atoms. The minimum Gasteiger partial charge on any atom is -0.494 e. The first-order valence-corrected chi connectivity index (χ1v) is 11.5. The molecule has 190 valence electrons. The van der Waals surface area contributed by atoms with E-state index in [0.29, 0.717) is 23.5 Å². The van der Waals surface area contributed by atoms with Crippen LogP contribution in [0.1, 0.15) is 24.2 Å². The maximum atomic E-state index is 14.8. The Morgan fingerprint density at radius 2 is 1.08 bits per heavy atom. The van der Waals surface area contributed by atoms with E-state index in [9.17, 15) is 22.4 Å². The molecule has 8 heteroatoms. The minimum absolute atomic E-state index is 0.00526. The van der Waals surface area contributed by atoms with E-state index in [1.54, 1.807) is 31.2 Å². The van der Waals surface area contributed by atoms with Crippen molar-refractivity contribution in [3.05, 3.63) is 102 Å². The summed E-state index contributed by atoms with van der Waals surface area (Å²) in [4.78, 5) is 12.5. The monoisotopic (exact) mass is 510 g/mol. The van der Waals surface area contributed by atoms with Gasteiger partial charge in [-0.2, -0.15) is 8.78 Å². The fourth-order valence-electron chi connectivity index (χ4n) is 3.70. The summed E-state index contributed by atoms with van der Waals surface area (Å²) in [5.74, 6) is -5.83. The van der Waals surface area contributed by atoms with Crippen LogP contribution in [0.25, 0.3) is 22.3 Å². The molecule has 0 bridgehead atoms. The van der Waals surface area contributed by atoms with Gasteiger partial charge in [0.1, 0.15) is 5.75 Å². The number of ether oxygens (including phenoxy) is 3. The Labute approximate surface area is 211 Å². The van der Waals surface area contributed by atoms with Crippen LogP contribution in [0.2, 0.25) is 0 Å². The maximum Gasteiger partial charge on any atom is 0.343 e. The molecule has 0 aromatic heterocycles. The van der Waals surface area contributed by atoms with Gasteiger partial charge in [0.15, 0.2) is 23.1 Å². The highest BCUT2D eigenvalue weighted by Crippen LogP contribution is 2.32. The normalized spacial score (nSPS) is 10.8. The minimum atomic E-state index is -1.32. The van der Waals surface area contributed by atoms with Crippen LogP contribution in [0, 0.1) is 23.3 Å². The zero-order valence-corrected chi connectivity index (χ0v) is 20.0. The van der Waals surface area contributed by atoms with Crippen molar-refractivity contribution in [3.63, 3.8) is 0 Å². The SMILES string of the molecule is CCOc1ccc(-c2ccc(OC(=O)c3ccc(-c4ccc(OCC)c(F)c4F)cc3)c(F)c2F)cc1. The van der Waals surface area contributed by atoms with Crippen molar-refractivity contribution < 1.29 is 36.6 Å². The number of carbonyl (C=O) groups excluding carboxylic acids is 1. The molecule has 0 aliphatic rings. The van der Waals surface area contributed by atoms with Crippen molar-refractivity contribution in [2.75, 3.05) is 13.2 Å². The first kappa shape index (κ1) is 25.8. The van der Waals surface area contributed by atoms with E-state index in [4.69, 9.17) is 14.2 Å². The molecule has 37 heavy (non-hydrogen) atoms. The van der Waals surface area contributed by atoms with Gasteiger partial charge >= 0.3 is 5.97 Å². The number of halogens is 4. The summed E-state index contributed by atoms with van der Waals surface area (Å²) in [7, 11) is 0. The Morgan fingerprint density at radius 3 is 1.62 bits per heavy atom. The van der Waals surface area contributed by atoms with Gasteiger partial charge in [-0.1, -0.05) is 24.3 Å². The largest absolute Gasteiger partial charge is 0.494 e. The predicted octanol–water partition coefficient (Wildman–Crippen LogP) is 7.59. The summed E-state index contributed by atoms with van der Waals surface area (Å²) < 4.78 is 73.6. The van der Waals surface area contributed by atoms with Gasteiger partial charge in [-0.05, 0) is 73.5 Å². The van der Waals surface area contributed by atoms with E-state index >= 15 is 0 Å². The molecular formula is C29H22F4O4. The lowest BCUT2D eigenvalue weighted by atomic mass is 10.0. The fourth-order valence-corrected chi connectivity index (χ4v) is 3.70. The van der Waals surface area contributed by atoms with E-state index in [-0.39, 0.29) is 29.0 Å². The van der Waals surface area contributed by atoms with Crippen molar-refractivity contribution in [3.8, 4) is 39.5 Å². The Bertz CT molecular complexity index is 1420. The summed E-state index contributed by atoms with van der Waals surface area (Å²) in [6.45, 7) is 4.14. The van der Waals surface area contributed by atoms with Crippen LogP contribution in [-0.2, 0) is 0 Å². The van der Waals surface area contributed by atoms with Gasteiger partial charge in [0, 0.05) is 11.1 Å². The van der Waals surface area contributed by atoms with Crippen LogP contribution in [0.3, 0.4) is 0 Å². The van der Waals surface area contributed by atoms with Crippen LogP contribution >= 0.6 is 0 Å². The smallest absolute Gasteiger partial charge is 0.343 e. The molecule has 4 nitrogen and oxygen atoms in total. The number of hydrogen-bond acceptors (Lipinski definition) is 4. The highest BCUT2D eigenvalue weighted by atomic mass is 19.2. The maximum absolute atomic E-state index is 14.8. The average Bonchev–Trinajstić information content (AvgIpc) is 2.91. The summed E-state index contributed by atoms with van der Waals surface area (Å²) >= 11 is 0. The van der Waals surface area contributed by atoms with E-state index in [1.165, 1.54) is 42.5 Å². The first-order valence-electron chi connectivity index (χ1n) is 11.5. The molecule has 0 aliphatic heterocycles. The van der Waals surface area contributed by atoms with Crippen LogP contribution in [-0.4, -0.2) is 19.2 Å². The average molecular weight is 510 g/mol. The van der Waals surface area contributed by atoms with Gasteiger partial charge in [0.2, 0.25) is 11.6 Å². The molecule has 0 aliphatic carbocycles. The van der Waals surface area contributed by atoms with Crippen LogP contribution in [0.5, 0.6) is 17.2 Å². The Hall–Kier alpha value is -4.33. The second-order valence-electron chi connectivity index (χ2n) is 7.84. The molecular weight excluding hydrogens is 488 g/mol. The van der Waals surface area contributed by atoms with E-state index in [0.717, 1.165) is 6.07 Å². The molecule has 4 aromatic rings. The van der Waals surface area contributed by atoms with E-state index in [1.807, 2.05) is 6.92 Å². The van der Waals surface area contributed by atoms with Crippen molar-refractivity contribution in [1.29, 1.82) is 0 Å². The van der Waals surface area contributed by atoms with Gasteiger partial charge < -0.3 is 14.2 Å². The van der Waals surface area contributed by atoms with Crippen LogP contribution in [0.4, 0.5) is 17.6 Å². The van der Waals surface area contributed by atoms with Crippen molar-refractivity contribution in [2.24, 2.45) is 0 Å². The van der Waals surface area contributed by atoms with Crippen molar-refractivity contribution >= 4 is 5.97 Å². The van der Waals surface area contributed by atoms with E-state index < -0.39 is 35.0 Å². The van der Waals surface area contributed by atoms with Crippen molar-refractivity contribution in [2.45, 2.75) is 13.8 Å². The Balaban J connectivity index is 1.51.